The van der Waals surface area contributed by atoms with Crippen molar-refractivity contribution < 1.29 is 14.3 Å². The lowest BCUT2D eigenvalue weighted by molar-refractivity contribution is -0.136. The van der Waals surface area contributed by atoms with Crippen LogP contribution < -0.4 is 21.1 Å². The summed E-state index contributed by atoms with van der Waals surface area (Å²) < 4.78 is 11.5. The highest BCUT2D eigenvalue weighted by atomic mass is 16.5. The molecule has 6 nitrogen and oxygen atoms in total. The molecule has 22 heavy (non-hydrogen) atoms. The van der Waals surface area contributed by atoms with Gasteiger partial charge in [0.2, 0.25) is 0 Å². The smallest absolute Gasteiger partial charge is 0.271 e. The van der Waals surface area contributed by atoms with E-state index in [0.29, 0.717) is 56.3 Å². The molecular formula is C16H25N3O3. The van der Waals surface area contributed by atoms with Crippen molar-refractivity contribution in [1.82, 2.24) is 0 Å². The highest BCUT2D eigenvalue weighted by molar-refractivity contribution is 6.05. The van der Waals surface area contributed by atoms with Gasteiger partial charge in [-0.3, -0.25) is 4.79 Å². The lowest BCUT2D eigenvalue weighted by Crippen LogP contribution is -2.56. The molecule has 0 spiro atoms. The lowest BCUT2D eigenvalue weighted by atomic mass is 9.92. The van der Waals surface area contributed by atoms with Gasteiger partial charge in [0, 0.05) is 13.1 Å². The van der Waals surface area contributed by atoms with Gasteiger partial charge in [-0.15, -0.1) is 0 Å². The first-order valence-electron chi connectivity index (χ1n) is 7.77. The van der Waals surface area contributed by atoms with Crippen LogP contribution >= 0.6 is 0 Å². The summed E-state index contributed by atoms with van der Waals surface area (Å²) in [7, 11) is 0. The van der Waals surface area contributed by atoms with Crippen molar-refractivity contribution in [2.75, 3.05) is 36.9 Å². The molecule has 0 saturated heterocycles. The molecule has 1 aromatic rings. The molecule has 1 heterocycles. The fourth-order valence-corrected chi connectivity index (χ4v) is 2.76. The first-order chi connectivity index (χ1) is 10.6. The zero-order valence-electron chi connectivity index (χ0n) is 13.3. The lowest BCUT2D eigenvalue weighted by Gasteiger charge is -2.42. The summed E-state index contributed by atoms with van der Waals surface area (Å²) in [4.78, 5) is 14.6. The van der Waals surface area contributed by atoms with Gasteiger partial charge in [-0.05, 0) is 25.0 Å². The van der Waals surface area contributed by atoms with Crippen LogP contribution in [-0.4, -0.2) is 37.8 Å². The largest absolute Gasteiger partial charge is 0.475 e. The van der Waals surface area contributed by atoms with Crippen molar-refractivity contribution in [2.45, 2.75) is 32.3 Å². The van der Waals surface area contributed by atoms with Crippen LogP contribution in [0.5, 0.6) is 5.75 Å². The number of amides is 1. The van der Waals surface area contributed by atoms with Gasteiger partial charge in [0.25, 0.3) is 5.91 Å². The summed E-state index contributed by atoms with van der Waals surface area (Å²) in [6, 6.07) is 5.46. The Morgan fingerprint density at radius 3 is 2.64 bits per heavy atom. The Bertz CT molecular complexity index is 529. The number of anilines is 2. The van der Waals surface area contributed by atoms with E-state index in [1.54, 1.807) is 11.0 Å². The molecule has 122 valence electrons. The van der Waals surface area contributed by atoms with Gasteiger partial charge in [0.05, 0.1) is 18.9 Å². The number of rotatable bonds is 7. The number of carbonyl (C=O) groups is 1. The molecule has 0 aromatic heterocycles. The van der Waals surface area contributed by atoms with Crippen molar-refractivity contribution in [3.8, 4) is 5.75 Å². The predicted octanol–water partition coefficient (Wildman–Crippen LogP) is 1.53. The monoisotopic (exact) mass is 307 g/mol. The second-order valence-electron chi connectivity index (χ2n) is 5.36. The second-order valence-corrected chi connectivity index (χ2v) is 5.36. The summed E-state index contributed by atoms with van der Waals surface area (Å²) in [6.07, 6.45) is 1.22. The highest BCUT2D eigenvalue weighted by Gasteiger charge is 2.46. The fourth-order valence-electron chi connectivity index (χ4n) is 2.76. The van der Waals surface area contributed by atoms with E-state index in [0.717, 1.165) is 0 Å². The topological polar surface area (TPSA) is 90.8 Å². The Labute approximate surface area is 131 Å². The third kappa shape index (κ3) is 2.89. The van der Waals surface area contributed by atoms with E-state index in [-0.39, 0.29) is 5.91 Å². The zero-order valence-corrected chi connectivity index (χ0v) is 13.3. The number of nitrogens with zero attached hydrogens (tertiary/aromatic N) is 1. The molecule has 1 aliphatic rings. The number of fused-ring (bicyclic) bond motifs is 1. The molecular weight excluding hydrogens is 282 g/mol. The van der Waals surface area contributed by atoms with Gasteiger partial charge >= 0.3 is 0 Å². The normalized spacial score (nSPS) is 16.3. The number of ether oxygens (including phenoxy) is 2. The minimum Gasteiger partial charge on any atom is -0.475 e. The standard InChI is InChI=1S/C16H25N3O3/c1-3-16(4-2)15(20)19(9-11-21-10-8-17)14-12(18)6-5-7-13(14)22-16/h5-7H,3-4,8-11,17-18H2,1-2H3. The summed E-state index contributed by atoms with van der Waals surface area (Å²) >= 11 is 0. The summed E-state index contributed by atoms with van der Waals surface area (Å²) in [5.74, 6) is 0.598. The number of nitrogens with two attached hydrogens (primary N) is 2. The predicted molar refractivity (Wildman–Crippen MR) is 87.0 cm³/mol. The summed E-state index contributed by atoms with van der Waals surface area (Å²) in [5.41, 5.74) is 11.8. The van der Waals surface area contributed by atoms with Gasteiger partial charge in [-0.2, -0.15) is 0 Å². The van der Waals surface area contributed by atoms with Crippen LogP contribution in [0.1, 0.15) is 26.7 Å². The van der Waals surface area contributed by atoms with Crippen LogP contribution in [0.15, 0.2) is 18.2 Å². The average Bonchev–Trinajstić information content (AvgIpc) is 2.53. The number of hydrogen-bond donors (Lipinski definition) is 2. The molecule has 0 saturated carbocycles. The van der Waals surface area contributed by atoms with E-state index in [1.807, 2.05) is 26.0 Å². The van der Waals surface area contributed by atoms with Gasteiger partial charge in [0.15, 0.2) is 5.60 Å². The molecule has 0 radical (unpaired) electrons. The molecule has 1 aliphatic heterocycles. The molecule has 0 bridgehead atoms. The van der Waals surface area contributed by atoms with Crippen LogP contribution in [0, 0.1) is 0 Å². The Morgan fingerprint density at radius 1 is 1.27 bits per heavy atom. The van der Waals surface area contributed by atoms with Crippen molar-refractivity contribution in [1.29, 1.82) is 0 Å². The maximum absolute atomic E-state index is 13.0. The molecule has 0 unspecified atom stereocenters. The number of carbonyl (C=O) groups excluding carboxylic acids is 1. The van der Waals surface area contributed by atoms with E-state index in [1.165, 1.54) is 0 Å². The minimum absolute atomic E-state index is 0.0563. The quantitative estimate of drug-likeness (QED) is 0.589. The average molecular weight is 307 g/mol. The first-order valence-corrected chi connectivity index (χ1v) is 7.77. The maximum atomic E-state index is 13.0. The SMILES string of the molecule is CCC1(CC)Oc2cccc(N)c2N(CCOCCN)C1=O. The molecule has 1 aromatic carbocycles. The van der Waals surface area contributed by atoms with Gasteiger partial charge in [-0.1, -0.05) is 19.9 Å². The van der Waals surface area contributed by atoms with Crippen LogP contribution in [-0.2, 0) is 9.53 Å². The Morgan fingerprint density at radius 2 is 2.00 bits per heavy atom. The van der Waals surface area contributed by atoms with Crippen molar-refractivity contribution in [3.05, 3.63) is 18.2 Å². The van der Waals surface area contributed by atoms with Gasteiger partial charge in [-0.25, -0.2) is 0 Å². The summed E-state index contributed by atoms with van der Waals surface area (Å²) in [6.45, 7) is 5.71. The van der Waals surface area contributed by atoms with E-state index in [4.69, 9.17) is 20.9 Å². The van der Waals surface area contributed by atoms with E-state index in [9.17, 15) is 4.79 Å². The Kier molecular flexibility index (Phi) is 5.26. The van der Waals surface area contributed by atoms with E-state index < -0.39 is 5.60 Å². The number of para-hydroxylation sites is 1. The molecule has 0 aliphatic carbocycles. The zero-order chi connectivity index (χ0) is 16.2. The summed E-state index contributed by atoms with van der Waals surface area (Å²) in [5, 5.41) is 0. The number of nitrogen functional groups attached to an aromatic ring is 1. The van der Waals surface area contributed by atoms with Crippen molar-refractivity contribution in [2.24, 2.45) is 5.73 Å². The van der Waals surface area contributed by atoms with Gasteiger partial charge < -0.3 is 25.8 Å². The second kappa shape index (κ2) is 6.98. The van der Waals surface area contributed by atoms with Crippen LogP contribution in [0.2, 0.25) is 0 Å². The van der Waals surface area contributed by atoms with Crippen LogP contribution in [0.4, 0.5) is 11.4 Å². The van der Waals surface area contributed by atoms with Crippen molar-refractivity contribution in [3.63, 3.8) is 0 Å². The number of hydrogen-bond acceptors (Lipinski definition) is 5. The van der Waals surface area contributed by atoms with E-state index in [2.05, 4.69) is 0 Å². The van der Waals surface area contributed by atoms with Gasteiger partial charge in [0.1, 0.15) is 11.4 Å². The molecule has 6 heteroatoms. The Hall–Kier alpha value is -1.79. The van der Waals surface area contributed by atoms with Crippen molar-refractivity contribution >= 4 is 17.3 Å². The number of benzene rings is 1. The first kappa shape index (κ1) is 16.6. The fraction of sp³-hybridized carbons (Fsp3) is 0.562. The van der Waals surface area contributed by atoms with Crippen LogP contribution in [0.25, 0.3) is 0 Å². The molecule has 0 fully saturated rings. The van der Waals surface area contributed by atoms with E-state index >= 15 is 0 Å². The third-order valence-electron chi connectivity index (χ3n) is 4.10. The Balaban J connectivity index is 2.34. The molecule has 4 N–H and O–H groups in total. The minimum atomic E-state index is -0.825. The molecule has 0 atom stereocenters. The third-order valence-corrected chi connectivity index (χ3v) is 4.10. The maximum Gasteiger partial charge on any atom is 0.271 e. The van der Waals surface area contributed by atoms with Crippen LogP contribution in [0.3, 0.4) is 0 Å². The molecule has 2 rings (SSSR count). The molecule has 1 amide bonds. The highest BCUT2D eigenvalue weighted by Crippen LogP contribution is 2.43.